The first-order valence-corrected chi connectivity index (χ1v) is 8.45. The third-order valence-electron chi connectivity index (χ3n) is 4.48. The number of nitrogens with zero attached hydrogens (tertiary/aromatic N) is 4. The number of aryl methyl sites for hydroxylation is 1. The molecule has 1 atom stereocenters. The minimum Gasteiger partial charge on any atom is -0.329 e. The van der Waals surface area contributed by atoms with Crippen molar-refractivity contribution in [1.82, 2.24) is 24.6 Å². The summed E-state index contributed by atoms with van der Waals surface area (Å²) in [6.07, 6.45) is 3.24. The minimum absolute atomic E-state index is 0.0311. The summed E-state index contributed by atoms with van der Waals surface area (Å²) in [7, 11) is 0. The van der Waals surface area contributed by atoms with Gasteiger partial charge in [0.2, 0.25) is 0 Å². The molecule has 24 heavy (non-hydrogen) atoms. The van der Waals surface area contributed by atoms with Gasteiger partial charge in [-0.15, -0.1) is 0 Å². The Labute approximate surface area is 140 Å². The standard InChI is InChI=1S/C17H23N5O2/c1-4-22-15(10-13(20-22)11(2)3)16(23)21-9-5-6-14(21)12-7-8-18-17(24)19-12/h7-8,10-11,14H,4-6,9H2,1-3H3,(H,18,19,24)/t14-/m1/s1. The van der Waals surface area contributed by atoms with Crippen molar-refractivity contribution in [3.63, 3.8) is 0 Å². The fourth-order valence-corrected chi connectivity index (χ4v) is 3.19. The van der Waals surface area contributed by atoms with Crippen LogP contribution in [0.15, 0.2) is 23.1 Å². The van der Waals surface area contributed by atoms with Crippen LogP contribution in [0, 0.1) is 0 Å². The summed E-state index contributed by atoms with van der Waals surface area (Å²) in [5.41, 5.74) is 1.90. The van der Waals surface area contributed by atoms with E-state index in [1.807, 2.05) is 17.9 Å². The molecule has 1 aliphatic heterocycles. The third kappa shape index (κ3) is 2.98. The predicted octanol–water partition coefficient (Wildman–Crippen LogP) is 2.09. The molecule has 1 aliphatic rings. The number of nitrogens with one attached hydrogen (secondary N) is 1. The van der Waals surface area contributed by atoms with E-state index >= 15 is 0 Å². The number of carbonyl (C=O) groups excluding carboxylic acids is 1. The van der Waals surface area contributed by atoms with Crippen molar-refractivity contribution in [2.24, 2.45) is 0 Å². The normalized spacial score (nSPS) is 17.7. The number of aromatic amines is 1. The Morgan fingerprint density at radius 2 is 2.25 bits per heavy atom. The van der Waals surface area contributed by atoms with Crippen LogP contribution in [0.1, 0.15) is 67.4 Å². The second-order valence-electron chi connectivity index (χ2n) is 6.41. The molecule has 1 saturated heterocycles. The summed E-state index contributed by atoms with van der Waals surface area (Å²) in [5.74, 6) is 0.242. The van der Waals surface area contributed by atoms with Gasteiger partial charge in [-0.1, -0.05) is 13.8 Å². The lowest BCUT2D eigenvalue weighted by Gasteiger charge is -2.24. The number of rotatable bonds is 4. The van der Waals surface area contributed by atoms with Gasteiger partial charge in [0, 0.05) is 25.0 Å². The Morgan fingerprint density at radius 3 is 2.92 bits per heavy atom. The summed E-state index contributed by atoms with van der Waals surface area (Å²) in [6.45, 7) is 7.45. The highest BCUT2D eigenvalue weighted by Gasteiger charge is 2.33. The summed E-state index contributed by atoms with van der Waals surface area (Å²) in [6, 6.07) is 3.55. The van der Waals surface area contributed by atoms with Crippen molar-refractivity contribution in [3.8, 4) is 0 Å². The Balaban J connectivity index is 1.93. The Bertz CT molecular complexity index is 792. The van der Waals surface area contributed by atoms with Gasteiger partial charge in [-0.25, -0.2) is 9.78 Å². The van der Waals surface area contributed by atoms with E-state index in [-0.39, 0.29) is 23.6 Å². The maximum atomic E-state index is 13.1. The Hall–Kier alpha value is -2.44. The number of aromatic nitrogens is 4. The molecule has 0 unspecified atom stereocenters. The molecular weight excluding hydrogens is 306 g/mol. The zero-order valence-corrected chi connectivity index (χ0v) is 14.3. The lowest BCUT2D eigenvalue weighted by molar-refractivity contribution is 0.0720. The van der Waals surface area contributed by atoms with E-state index in [0.29, 0.717) is 18.8 Å². The first-order chi connectivity index (χ1) is 11.5. The van der Waals surface area contributed by atoms with Crippen molar-refractivity contribution in [3.05, 3.63) is 45.9 Å². The van der Waals surface area contributed by atoms with Gasteiger partial charge in [0.1, 0.15) is 5.69 Å². The van der Waals surface area contributed by atoms with E-state index in [9.17, 15) is 9.59 Å². The van der Waals surface area contributed by atoms with E-state index in [2.05, 4.69) is 28.9 Å². The molecule has 7 nitrogen and oxygen atoms in total. The molecule has 3 rings (SSSR count). The topological polar surface area (TPSA) is 83.9 Å². The lowest BCUT2D eigenvalue weighted by Crippen LogP contribution is -2.33. The summed E-state index contributed by atoms with van der Waals surface area (Å²) in [4.78, 5) is 32.8. The molecule has 128 valence electrons. The molecule has 0 radical (unpaired) electrons. The molecule has 1 N–H and O–H groups in total. The average Bonchev–Trinajstić information content (AvgIpc) is 3.21. The van der Waals surface area contributed by atoms with Gasteiger partial charge < -0.3 is 9.88 Å². The summed E-state index contributed by atoms with van der Waals surface area (Å²) >= 11 is 0. The molecule has 0 spiro atoms. The monoisotopic (exact) mass is 329 g/mol. The third-order valence-corrected chi connectivity index (χ3v) is 4.48. The Morgan fingerprint density at radius 1 is 1.46 bits per heavy atom. The van der Waals surface area contributed by atoms with Gasteiger partial charge in [0.05, 0.1) is 11.7 Å². The van der Waals surface area contributed by atoms with Gasteiger partial charge >= 0.3 is 5.69 Å². The highest BCUT2D eigenvalue weighted by atomic mass is 16.2. The molecule has 7 heteroatoms. The van der Waals surface area contributed by atoms with Crippen molar-refractivity contribution in [1.29, 1.82) is 0 Å². The van der Waals surface area contributed by atoms with Crippen LogP contribution in [0.5, 0.6) is 0 Å². The second-order valence-corrected chi connectivity index (χ2v) is 6.41. The highest BCUT2D eigenvalue weighted by molar-refractivity contribution is 5.93. The molecule has 1 fully saturated rings. The van der Waals surface area contributed by atoms with Gasteiger partial charge in [-0.05, 0) is 37.8 Å². The largest absolute Gasteiger partial charge is 0.345 e. The zero-order chi connectivity index (χ0) is 17.3. The average molecular weight is 329 g/mol. The number of carbonyl (C=O) groups is 1. The molecule has 2 aromatic rings. The van der Waals surface area contributed by atoms with Crippen molar-refractivity contribution in [2.75, 3.05) is 6.54 Å². The van der Waals surface area contributed by atoms with E-state index in [1.165, 1.54) is 6.20 Å². The second kappa shape index (κ2) is 6.59. The lowest BCUT2D eigenvalue weighted by atomic mass is 10.1. The first-order valence-electron chi connectivity index (χ1n) is 8.45. The minimum atomic E-state index is -0.382. The molecule has 2 aromatic heterocycles. The van der Waals surface area contributed by atoms with Crippen LogP contribution in [-0.2, 0) is 6.54 Å². The number of likely N-dealkylation sites (tertiary alicyclic amines) is 1. The molecule has 3 heterocycles. The smallest absolute Gasteiger partial charge is 0.329 e. The summed E-state index contributed by atoms with van der Waals surface area (Å²) in [5, 5.41) is 4.53. The van der Waals surface area contributed by atoms with Gasteiger partial charge in [-0.2, -0.15) is 5.10 Å². The quantitative estimate of drug-likeness (QED) is 0.931. The van der Waals surface area contributed by atoms with Crippen LogP contribution < -0.4 is 5.69 Å². The fraction of sp³-hybridized carbons (Fsp3) is 0.529. The molecular formula is C17H23N5O2. The van der Waals surface area contributed by atoms with Crippen molar-refractivity contribution >= 4 is 5.91 Å². The fourth-order valence-electron chi connectivity index (χ4n) is 3.19. The van der Waals surface area contributed by atoms with E-state index in [1.54, 1.807) is 10.7 Å². The van der Waals surface area contributed by atoms with Gasteiger partial charge in [-0.3, -0.25) is 9.48 Å². The zero-order valence-electron chi connectivity index (χ0n) is 14.3. The van der Waals surface area contributed by atoms with Crippen LogP contribution in [0.3, 0.4) is 0 Å². The number of amides is 1. The number of H-pyrrole nitrogens is 1. The molecule has 0 aliphatic carbocycles. The van der Waals surface area contributed by atoms with E-state index in [4.69, 9.17) is 0 Å². The molecule has 0 bridgehead atoms. The first kappa shape index (κ1) is 16.4. The predicted molar refractivity (Wildman–Crippen MR) is 89.9 cm³/mol. The maximum Gasteiger partial charge on any atom is 0.345 e. The van der Waals surface area contributed by atoms with Crippen LogP contribution in [0.4, 0.5) is 0 Å². The SMILES string of the molecule is CCn1nc(C(C)C)cc1C(=O)N1CCC[C@@H]1c1ccnc(=O)[nH]1. The molecule has 1 amide bonds. The van der Waals surface area contributed by atoms with Crippen LogP contribution in [0.2, 0.25) is 0 Å². The van der Waals surface area contributed by atoms with Crippen molar-refractivity contribution < 1.29 is 4.79 Å². The van der Waals surface area contributed by atoms with Gasteiger partial charge in [0.25, 0.3) is 5.91 Å². The summed E-state index contributed by atoms with van der Waals surface area (Å²) < 4.78 is 1.77. The van der Waals surface area contributed by atoms with Gasteiger partial charge in [0.15, 0.2) is 0 Å². The number of hydrogen-bond donors (Lipinski definition) is 1. The van der Waals surface area contributed by atoms with E-state index < -0.39 is 0 Å². The highest BCUT2D eigenvalue weighted by Crippen LogP contribution is 2.32. The number of hydrogen-bond acceptors (Lipinski definition) is 4. The van der Waals surface area contributed by atoms with Crippen LogP contribution in [-0.4, -0.2) is 37.1 Å². The van der Waals surface area contributed by atoms with E-state index in [0.717, 1.165) is 24.2 Å². The van der Waals surface area contributed by atoms with Crippen LogP contribution in [0.25, 0.3) is 0 Å². The maximum absolute atomic E-state index is 13.1. The Kier molecular flexibility index (Phi) is 4.51. The van der Waals surface area contributed by atoms with Crippen LogP contribution >= 0.6 is 0 Å². The van der Waals surface area contributed by atoms with Crippen molar-refractivity contribution in [2.45, 2.75) is 52.1 Å². The molecule has 0 saturated carbocycles. The molecule has 0 aromatic carbocycles.